The standard InChI is InChI=1S/2C16H13N5O7S.Cr.3Na/c2*1-9-14(16(23)20(19-9)10-5-3-2-4-6-10)18-17-12-7-11(21(24)25)8-13(15(12)22)29(26,27)28;;;;/h2*2-8H,1H3,(H3,17,18,19,22,23,26,27,28);;;;/q;;+3;3*+1/p-6. The fourth-order valence-corrected chi connectivity index (χ4v) is 5.99. The zero-order chi connectivity index (χ0) is 42.7. The van der Waals surface area contributed by atoms with Crippen molar-refractivity contribution in [2.24, 2.45) is 20.5 Å². The Balaban J connectivity index is 0.000000582. The van der Waals surface area contributed by atoms with Gasteiger partial charge >= 0.3 is 106 Å². The molecule has 0 atom stereocenters. The fourth-order valence-electron chi connectivity index (χ4n) is 4.80. The molecule has 0 amide bonds. The van der Waals surface area contributed by atoms with Crippen LogP contribution in [0.1, 0.15) is 11.4 Å². The number of nitrogens with zero attached hydrogens (tertiary/aromatic N) is 10. The summed E-state index contributed by atoms with van der Waals surface area (Å²) < 4.78 is 69.3. The van der Waals surface area contributed by atoms with Crippen molar-refractivity contribution < 1.29 is 152 Å². The predicted octanol–water partition coefficient (Wildman–Crippen LogP) is -6.18. The van der Waals surface area contributed by atoms with Crippen LogP contribution < -0.4 is 120 Å². The number of nitro groups is 2. The van der Waals surface area contributed by atoms with Crippen molar-refractivity contribution in [1.29, 1.82) is 0 Å². The van der Waals surface area contributed by atoms with Crippen molar-refractivity contribution in [3.05, 3.63) is 137 Å². The summed E-state index contributed by atoms with van der Waals surface area (Å²) in [7, 11) is -10.6. The van der Waals surface area contributed by atoms with Gasteiger partial charge in [-0.25, -0.2) is 16.8 Å². The van der Waals surface area contributed by atoms with Crippen molar-refractivity contribution >= 4 is 54.4 Å². The molecule has 303 valence electrons. The SMILES string of the molecule is Cc1[n-]n(-c2ccccc2)c(=O)c1N=Nc1cc([N+](=O)[O-])cc(S(=O)(=O)[O-])c1[O-].Cc1[n-]n(-c2ccccc2)c(=O)c1N=Nc1cc([N+](=O)[O-])cc(S(=O)(=O)[O-])c1[O-].[Cr+3].[Na+].[Na+].[Na+]. The van der Waals surface area contributed by atoms with E-state index in [4.69, 9.17) is 0 Å². The molecule has 2 heterocycles. The number of rotatable bonds is 10. The third-order valence-corrected chi connectivity index (χ3v) is 9.18. The molecule has 0 aliphatic rings. The van der Waals surface area contributed by atoms with E-state index in [1.165, 1.54) is 13.8 Å². The number of hydrogen-bond donors (Lipinski definition) is 0. The van der Waals surface area contributed by atoms with Crippen LogP contribution in [-0.4, -0.2) is 45.2 Å². The number of azo groups is 2. The van der Waals surface area contributed by atoms with Gasteiger partial charge in [0.15, 0.2) is 0 Å². The Morgan fingerprint density at radius 3 is 1.15 bits per heavy atom. The first-order chi connectivity index (χ1) is 27.2. The Morgan fingerprint density at radius 2 is 0.871 bits per heavy atom. The molecule has 0 saturated heterocycles. The van der Waals surface area contributed by atoms with E-state index in [-0.39, 0.29) is 129 Å². The number of non-ortho nitro benzene ring substituents is 2. The van der Waals surface area contributed by atoms with Crippen LogP contribution in [0.4, 0.5) is 34.1 Å². The summed E-state index contributed by atoms with van der Waals surface area (Å²) in [6.45, 7) is 2.91. The molecule has 0 bridgehead atoms. The molecule has 62 heavy (non-hydrogen) atoms. The van der Waals surface area contributed by atoms with Gasteiger partial charge in [-0.3, -0.25) is 29.8 Å². The first kappa shape index (κ1) is 55.9. The zero-order valence-electron chi connectivity index (χ0n) is 32.5. The van der Waals surface area contributed by atoms with Gasteiger partial charge in [0.2, 0.25) is 0 Å². The molecule has 0 fully saturated rings. The van der Waals surface area contributed by atoms with E-state index in [0.717, 1.165) is 9.36 Å². The number of benzene rings is 4. The average Bonchev–Trinajstić information content (AvgIpc) is 3.61. The van der Waals surface area contributed by atoms with Crippen LogP contribution in [0.2, 0.25) is 0 Å². The second kappa shape index (κ2) is 23.0. The maximum atomic E-state index is 12.5. The normalized spacial score (nSPS) is 11.0. The molecule has 2 aromatic heterocycles. The summed E-state index contributed by atoms with van der Waals surface area (Å²) >= 11 is 0. The van der Waals surface area contributed by atoms with Crippen LogP contribution in [0.3, 0.4) is 0 Å². The number of aryl methyl sites for hydroxylation is 2. The molecule has 4 aromatic carbocycles. The van der Waals surface area contributed by atoms with Gasteiger partial charge < -0.3 is 38.9 Å². The van der Waals surface area contributed by atoms with Crippen LogP contribution >= 0.6 is 0 Å². The van der Waals surface area contributed by atoms with Gasteiger partial charge in [-0.05, 0) is 24.3 Å². The van der Waals surface area contributed by atoms with Gasteiger partial charge in [0.05, 0.1) is 31.0 Å². The summed E-state index contributed by atoms with van der Waals surface area (Å²) in [4.78, 5) is 42.3. The van der Waals surface area contributed by atoms with Crippen molar-refractivity contribution in [3.63, 3.8) is 0 Å². The maximum Gasteiger partial charge on any atom is 3.00 e. The first-order valence-electron chi connectivity index (χ1n) is 15.6. The molecule has 24 nitrogen and oxygen atoms in total. The van der Waals surface area contributed by atoms with Gasteiger partial charge in [-0.1, -0.05) is 61.7 Å². The number of nitro benzene ring substituents is 2. The zero-order valence-corrected chi connectivity index (χ0v) is 41.4. The molecular formula is C32H20CrN10Na3O14S2. The molecule has 1 radical (unpaired) electrons. The van der Waals surface area contributed by atoms with Crippen molar-refractivity contribution in [2.75, 3.05) is 0 Å². The van der Waals surface area contributed by atoms with Crippen LogP contribution in [0.15, 0.2) is 125 Å². The second-order valence-corrected chi connectivity index (χ2v) is 14.1. The monoisotopic (exact) mass is 953 g/mol. The molecule has 0 unspecified atom stereocenters. The Hall–Kier alpha value is -4.15. The molecule has 0 N–H and O–H groups in total. The topological polar surface area (TPSA) is 368 Å². The largest absolute Gasteiger partial charge is 3.00 e. The van der Waals surface area contributed by atoms with E-state index in [9.17, 15) is 66.0 Å². The van der Waals surface area contributed by atoms with Crippen LogP contribution in [0.5, 0.6) is 11.5 Å². The van der Waals surface area contributed by atoms with Gasteiger partial charge in [0, 0.05) is 35.6 Å². The Labute approximate surface area is 425 Å². The smallest absolute Gasteiger partial charge is 0.870 e. The number of para-hydroxylation sites is 2. The fraction of sp³-hybridized carbons (Fsp3) is 0.0625. The van der Waals surface area contributed by atoms with Crippen molar-refractivity contribution in [2.45, 2.75) is 23.6 Å². The Morgan fingerprint density at radius 1 is 0.565 bits per heavy atom. The van der Waals surface area contributed by atoms with Crippen molar-refractivity contribution in [3.8, 4) is 22.9 Å². The minimum Gasteiger partial charge on any atom is -0.870 e. The third kappa shape index (κ3) is 13.0. The summed E-state index contributed by atoms with van der Waals surface area (Å²) in [5.41, 5.74) is -3.91. The second-order valence-electron chi connectivity index (χ2n) is 11.4. The van der Waals surface area contributed by atoms with Gasteiger partial charge in [-0.2, -0.15) is 10.2 Å². The Kier molecular flexibility index (Phi) is 20.7. The third-order valence-electron chi connectivity index (χ3n) is 7.49. The summed E-state index contributed by atoms with van der Waals surface area (Å²) in [6.07, 6.45) is 0. The van der Waals surface area contributed by atoms with Crippen LogP contribution in [0.25, 0.3) is 11.4 Å². The van der Waals surface area contributed by atoms with Gasteiger partial charge in [0.1, 0.15) is 31.6 Å². The van der Waals surface area contributed by atoms with Gasteiger partial charge in [-0.15, -0.1) is 21.6 Å². The molecule has 6 aromatic rings. The Bertz CT molecular complexity index is 2810. The predicted molar refractivity (Wildman–Crippen MR) is 190 cm³/mol. The molecule has 6 rings (SSSR count). The molecule has 0 saturated carbocycles. The minimum absolute atomic E-state index is 0. The van der Waals surface area contributed by atoms with E-state index in [0.29, 0.717) is 35.6 Å². The molecule has 30 heteroatoms. The molecule has 0 aliphatic heterocycles. The number of hydrogen-bond acceptors (Lipinski definition) is 18. The quantitative estimate of drug-likeness (QED) is 0.0405. The minimum atomic E-state index is -5.29. The average molecular weight is 954 g/mol. The molecule has 0 spiro atoms. The van der Waals surface area contributed by atoms with Crippen molar-refractivity contribution in [1.82, 2.24) is 19.6 Å². The van der Waals surface area contributed by atoms with E-state index in [1.54, 1.807) is 60.7 Å². The van der Waals surface area contributed by atoms with E-state index in [1.807, 2.05) is 0 Å². The van der Waals surface area contributed by atoms with Crippen LogP contribution in [0, 0.1) is 34.1 Å². The first-order valence-corrected chi connectivity index (χ1v) is 18.4. The summed E-state index contributed by atoms with van der Waals surface area (Å²) in [5.74, 6) is -2.73. The van der Waals surface area contributed by atoms with Crippen LogP contribution in [-0.2, 0) is 37.6 Å². The van der Waals surface area contributed by atoms with E-state index < -0.39 is 85.2 Å². The maximum absolute atomic E-state index is 12.5. The number of aromatic nitrogens is 4. The van der Waals surface area contributed by atoms with E-state index >= 15 is 0 Å². The molecule has 0 aliphatic carbocycles. The molecular weight excluding hydrogens is 934 g/mol. The van der Waals surface area contributed by atoms with E-state index in [2.05, 4.69) is 30.7 Å². The summed E-state index contributed by atoms with van der Waals surface area (Å²) in [6, 6.07) is 18.7. The van der Waals surface area contributed by atoms with Gasteiger partial charge in [0.25, 0.3) is 22.5 Å². The summed E-state index contributed by atoms with van der Waals surface area (Å²) in [5, 5.41) is 68.5.